The van der Waals surface area contributed by atoms with Crippen molar-refractivity contribution in [3.05, 3.63) is 60.8 Å². The normalized spacial score (nSPS) is 12.4. The van der Waals surface area contributed by atoms with Crippen molar-refractivity contribution >= 4 is 17.9 Å². The van der Waals surface area contributed by atoms with Crippen LogP contribution < -0.4 is 0 Å². The Morgan fingerprint density at radius 1 is 0.304 bits per heavy atom. The van der Waals surface area contributed by atoms with E-state index in [0.717, 1.165) is 89.9 Å². The van der Waals surface area contributed by atoms with E-state index in [0.29, 0.717) is 19.3 Å². The van der Waals surface area contributed by atoms with E-state index in [1.165, 1.54) is 173 Å². The van der Waals surface area contributed by atoms with E-state index in [-0.39, 0.29) is 31.1 Å². The molecule has 0 aromatic heterocycles. The minimum Gasteiger partial charge on any atom is -0.462 e. The van der Waals surface area contributed by atoms with Gasteiger partial charge in [0.2, 0.25) is 0 Å². The van der Waals surface area contributed by atoms with Crippen LogP contribution in [0.5, 0.6) is 0 Å². The van der Waals surface area contributed by atoms with Gasteiger partial charge in [-0.1, -0.05) is 261 Å². The molecule has 0 heterocycles. The average Bonchev–Trinajstić information content (AvgIpc) is 3.35. The lowest BCUT2D eigenvalue weighted by Gasteiger charge is -2.18. The Morgan fingerprint density at radius 3 is 0.928 bits per heavy atom. The number of esters is 3. The van der Waals surface area contributed by atoms with Gasteiger partial charge < -0.3 is 14.2 Å². The topological polar surface area (TPSA) is 78.9 Å². The van der Waals surface area contributed by atoms with Gasteiger partial charge >= 0.3 is 17.9 Å². The minimum absolute atomic E-state index is 0.0834. The highest BCUT2D eigenvalue weighted by molar-refractivity contribution is 5.71. The van der Waals surface area contributed by atoms with Crippen molar-refractivity contribution in [1.82, 2.24) is 0 Å². The zero-order chi connectivity index (χ0) is 50.0. The van der Waals surface area contributed by atoms with Gasteiger partial charge in [-0.25, -0.2) is 0 Å². The van der Waals surface area contributed by atoms with Crippen molar-refractivity contribution in [3.63, 3.8) is 0 Å². The van der Waals surface area contributed by atoms with Crippen molar-refractivity contribution in [1.29, 1.82) is 0 Å². The summed E-state index contributed by atoms with van der Waals surface area (Å²) >= 11 is 0. The lowest BCUT2D eigenvalue weighted by atomic mass is 10.0. The van der Waals surface area contributed by atoms with E-state index in [2.05, 4.69) is 81.5 Å². The zero-order valence-electron chi connectivity index (χ0n) is 45.8. The van der Waals surface area contributed by atoms with E-state index < -0.39 is 6.10 Å². The number of carbonyl (C=O) groups excluding carboxylic acids is 3. The SMILES string of the molecule is CC/C=C\C/C=C\C/C=C\CCCCCC(=O)OCC(COC(=O)CCCCCCCCCCC/C=C\C/C=C\CCCCC)OC(=O)CCCCCCCCCCCCCCCCCCCCC. The van der Waals surface area contributed by atoms with E-state index in [4.69, 9.17) is 14.2 Å². The summed E-state index contributed by atoms with van der Waals surface area (Å²) in [5.74, 6) is -0.903. The summed E-state index contributed by atoms with van der Waals surface area (Å²) in [7, 11) is 0. The van der Waals surface area contributed by atoms with E-state index >= 15 is 0 Å². The molecule has 1 atom stereocenters. The molecule has 0 spiro atoms. The number of unbranched alkanes of at least 4 members (excludes halogenated alkanes) is 33. The first-order valence-electron chi connectivity index (χ1n) is 29.8. The summed E-state index contributed by atoms with van der Waals surface area (Å²) in [6.07, 6.45) is 72.2. The number of ether oxygens (including phenoxy) is 3. The lowest BCUT2D eigenvalue weighted by Crippen LogP contribution is -2.30. The summed E-state index contributed by atoms with van der Waals surface area (Å²) in [4.78, 5) is 38.2. The molecular formula is C63H112O6. The van der Waals surface area contributed by atoms with Crippen LogP contribution in [-0.2, 0) is 28.6 Å². The monoisotopic (exact) mass is 965 g/mol. The molecule has 0 N–H and O–H groups in total. The van der Waals surface area contributed by atoms with Gasteiger partial charge in [-0.2, -0.15) is 0 Å². The molecule has 6 heteroatoms. The fourth-order valence-corrected chi connectivity index (χ4v) is 8.55. The van der Waals surface area contributed by atoms with Crippen LogP contribution in [0.4, 0.5) is 0 Å². The van der Waals surface area contributed by atoms with Crippen molar-refractivity contribution in [3.8, 4) is 0 Å². The Hall–Kier alpha value is -2.89. The first kappa shape index (κ1) is 66.1. The minimum atomic E-state index is -0.786. The van der Waals surface area contributed by atoms with Gasteiger partial charge in [-0.05, 0) is 83.5 Å². The van der Waals surface area contributed by atoms with E-state index in [1.54, 1.807) is 0 Å². The third-order valence-corrected chi connectivity index (χ3v) is 13.0. The number of hydrogen-bond acceptors (Lipinski definition) is 6. The number of allylic oxidation sites excluding steroid dienone is 10. The summed E-state index contributed by atoms with van der Waals surface area (Å²) in [6, 6.07) is 0. The molecule has 0 saturated heterocycles. The number of hydrogen-bond donors (Lipinski definition) is 0. The van der Waals surface area contributed by atoms with Crippen LogP contribution in [0.15, 0.2) is 60.8 Å². The van der Waals surface area contributed by atoms with Crippen LogP contribution >= 0.6 is 0 Å². The molecule has 0 aliphatic carbocycles. The van der Waals surface area contributed by atoms with Crippen molar-refractivity contribution < 1.29 is 28.6 Å². The second kappa shape index (κ2) is 57.7. The second-order valence-corrected chi connectivity index (χ2v) is 19.9. The van der Waals surface area contributed by atoms with Crippen LogP contribution in [0.3, 0.4) is 0 Å². The molecule has 0 saturated carbocycles. The molecule has 0 fully saturated rings. The Labute approximate surface area is 428 Å². The maximum Gasteiger partial charge on any atom is 0.306 e. The zero-order valence-corrected chi connectivity index (χ0v) is 45.8. The predicted octanol–water partition coefficient (Wildman–Crippen LogP) is 20.0. The molecule has 0 aliphatic rings. The smallest absolute Gasteiger partial charge is 0.306 e. The van der Waals surface area contributed by atoms with Gasteiger partial charge in [-0.15, -0.1) is 0 Å². The van der Waals surface area contributed by atoms with E-state index in [9.17, 15) is 14.4 Å². The van der Waals surface area contributed by atoms with Crippen molar-refractivity contribution in [2.45, 2.75) is 309 Å². The van der Waals surface area contributed by atoms with Gasteiger partial charge in [-0.3, -0.25) is 14.4 Å². The Kier molecular flexibility index (Phi) is 55.3. The third-order valence-electron chi connectivity index (χ3n) is 13.0. The molecule has 0 aromatic carbocycles. The lowest BCUT2D eigenvalue weighted by molar-refractivity contribution is -0.167. The molecule has 0 aliphatic heterocycles. The molecule has 0 amide bonds. The fourth-order valence-electron chi connectivity index (χ4n) is 8.55. The average molecular weight is 966 g/mol. The van der Waals surface area contributed by atoms with Gasteiger partial charge in [0.15, 0.2) is 6.10 Å². The molecule has 69 heavy (non-hydrogen) atoms. The Morgan fingerprint density at radius 2 is 0.565 bits per heavy atom. The predicted molar refractivity (Wildman–Crippen MR) is 298 cm³/mol. The maximum atomic E-state index is 12.9. The third kappa shape index (κ3) is 55.9. The highest BCUT2D eigenvalue weighted by atomic mass is 16.6. The standard InChI is InChI=1S/C63H112O6/c1-4-7-10-13-16-19-22-25-27-29-31-33-35-38-41-44-47-50-53-56-62(65)68-59-60(58-67-61(64)55-52-49-46-43-40-37-24-21-18-15-12-9-6-3)69-63(66)57-54-51-48-45-42-39-36-34-32-30-28-26-23-20-17-14-11-8-5-2/h9,12,16,18-19,21,25,27,37,40,60H,4-8,10-11,13-15,17,20,22-24,26,28-36,38-39,41-59H2,1-3H3/b12-9-,19-16-,21-18-,27-25-,40-37-. The summed E-state index contributed by atoms with van der Waals surface area (Å²) < 4.78 is 16.9. The largest absolute Gasteiger partial charge is 0.462 e. The second-order valence-electron chi connectivity index (χ2n) is 19.9. The quantitative estimate of drug-likeness (QED) is 0.0262. The molecule has 0 rings (SSSR count). The van der Waals surface area contributed by atoms with Gasteiger partial charge in [0, 0.05) is 19.3 Å². The van der Waals surface area contributed by atoms with Crippen molar-refractivity contribution in [2.75, 3.05) is 13.2 Å². The fraction of sp³-hybridized carbons (Fsp3) is 0.794. The first-order chi connectivity index (χ1) is 34.0. The van der Waals surface area contributed by atoms with Gasteiger partial charge in [0.25, 0.3) is 0 Å². The van der Waals surface area contributed by atoms with Crippen LogP contribution in [-0.4, -0.2) is 37.2 Å². The van der Waals surface area contributed by atoms with Crippen molar-refractivity contribution in [2.24, 2.45) is 0 Å². The van der Waals surface area contributed by atoms with Gasteiger partial charge in [0.1, 0.15) is 13.2 Å². The van der Waals surface area contributed by atoms with Crippen LogP contribution in [0.25, 0.3) is 0 Å². The highest BCUT2D eigenvalue weighted by Gasteiger charge is 2.19. The molecule has 400 valence electrons. The molecule has 1 unspecified atom stereocenters. The summed E-state index contributed by atoms with van der Waals surface area (Å²) in [5.41, 5.74) is 0. The summed E-state index contributed by atoms with van der Waals surface area (Å²) in [6.45, 7) is 6.51. The molecular weight excluding hydrogens is 853 g/mol. The number of rotatable bonds is 54. The maximum absolute atomic E-state index is 12.9. The summed E-state index contributed by atoms with van der Waals surface area (Å²) in [5, 5.41) is 0. The van der Waals surface area contributed by atoms with E-state index in [1.807, 2.05) is 0 Å². The van der Waals surface area contributed by atoms with Crippen LogP contribution in [0.2, 0.25) is 0 Å². The van der Waals surface area contributed by atoms with Crippen LogP contribution in [0, 0.1) is 0 Å². The van der Waals surface area contributed by atoms with Crippen LogP contribution in [0.1, 0.15) is 303 Å². The highest BCUT2D eigenvalue weighted by Crippen LogP contribution is 2.17. The Bertz CT molecular complexity index is 1250. The Balaban J connectivity index is 4.35. The number of carbonyl (C=O) groups is 3. The molecule has 6 nitrogen and oxygen atoms in total. The molecule has 0 bridgehead atoms. The molecule has 0 aromatic rings. The van der Waals surface area contributed by atoms with Gasteiger partial charge in [0.05, 0.1) is 0 Å². The first-order valence-corrected chi connectivity index (χ1v) is 29.8. The molecule has 0 radical (unpaired) electrons.